The molecule has 0 saturated heterocycles. The number of rotatable bonds is 6. The van der Waals surface area contributed by atoms with Crippen LogP contribution in [0.2, 0.25) is 0 Å². The van der Waals surface area contributed by atoms with E-state index in [0.717, 1.165) is 38.2 Å². The van der Waals surface area contributed by atoms with Gasteiger partial charge in [-0.2, -0.15) is 0 Å². The molecule has 0 aliphatic rings. The standard InChI is InChI=1S/C25H24N2O2S/c1-17-9-10-18(2)20(13-17)14-24(28)27(16-19-7-5-4-6-8-19)25-26-22-12-11-21(29-3)15-23(22)30-25/h4-13,15H,14,16H2,1-3H3. The number of hydrogen-bond acceptors (Lipinski definition) is 4. The van der Waals surface area contributed by atoms with Crippen LogP contribution in [0.15, 0.2) is 66.7 Å². The molecule has 4 rings (SSSR count). The van der Waals surface area contributed by atoms with Gasteiger partial charge in [0.1, 0.15) is 5.75 Å². The molecule has 3 aromatic carbocycles. The highest BCUT2D eigenvalue weighted by molar-refractivity contribution is 7.22. The van der Waals surface area contributed by atoms with Gasteiger partial charge in [-0.25, -0.2) is 4.98 Å². The van der Waals surface area contributed by atoms with Crippen LogP contribution < -0.4 is 9.64 Å². The minimum Gasteiger partial charge on any atom is -0.497 e. The van der Waals surface area contributed by atoms with Crippen molar-refractivity contribution in [2.75, 3.05) is 12.0 Å². The monoisotopic (exact) mass is 416 g/mol. The highest BCUT2D eigenvalue weighted by Crippen LogP contribution is 2.32. The van der Waals surface area contributed by atoms with Gasteiger partial charge in [0.2, 0.25) is 5.91 Å². The Balaban J connectivity index is 1.70. The van der Waals surface area contributed by atoms with Gasteiger partial charge in [-0.3, -0.25) is 9.69 Å². The molecule has 0 aliphatic heterocycles. The molecule has 5 heteroatoms. The minimum atomic E-state index is 0.0403. The summed E-state index contributed by atoms with van der Waals surface area (Å²) in [4.78, 5) is 20.0. The number of fused-ring (bicyclic) bond motifs is 1. The van der Waals surface area contributed by atoms with Gasteiger partial charge >= 0.3 is 0 Å². The van der Waals surface area contributed by atoms with Gasteiger partial charge in [0.25, 0.3) is 0 Å². The lowest BCUT2D eigenvalue weighted by Gasteiger charge is -2.21. The molecular weight excluding hydrogens is 392 g/mol. The quantitative estimate of drug-likeness (QED) is 0.405. The van der Waals surface area contributed by atoms with Crippen molar-refractivity contribution in [3.05, 3.63) is 89.0 Å². The van der Waals surface area contributed by atoms with E-state index in [9.17, 15) is 4.79 Å². The molecule has 1 aromatic heterocycles. The lowest BCUT2D eigenvalue weighted by Crippen LogP contribution is -2.31. The van der Waals surface area contributed by atoms with Gasteiger partial charge < -0.3 is 4.74 Å². The number of carbonyl (C=O) groups is 1. The molecule has 0 fully saturated rings. The lowest BCUT2D eigenvalue weighted by atomic mass is 10.0. The second kappa shape index (κ2) is 8.67. The molecule has 0 saturated carbocycles. The topological polar surface area (TPSA) is 42.4 Å². The van der Waals surface area contributed by atoms with Crippen molar-refractivity contribution in [2.45, 2.75) is 26.8 Å². The van der Waals surface area contributed by atoms with Crippen molar-refractivity contribution in [2.24, 2.45) is 0 Å². The van der Waals surface area contributed by atoms with Crippen molar-refractivity contribution in [1.82, 2.24) is 4.98 Å². The van der Waals surface area contributed by atoms with Gasteiger partial charge in [-0.05, 0) is 48.7 Å². The molecule has 0 spiro atoms. The van der Waals surface area contributed by atoms with Gasteiger partial charge in [0, 0.05) is 0 Å². The molecule has 0 bridgehead atoms. The van der Waals surface area contributed by atoms with Crippen molar-refractivity contribution < 1.29 is 9.53 Å². The highest BCUT2D eigenvalue weighted by Gasteiger charge is 2.21. The summed E-state index contributed by atoms with van der Waals surface area (Å²) in [5.74, 6) is 0.826. The van der Waals surface area contributed by atoms with Crippen LogP contribution in [-0.4, -0.2) is 18.0 Å². The van der Waals surface area contributed by atoms with Crippen LogP contribution in [0.25, 0.3) is 10.2 Å². The molecule has 1 heterocycles. The van der Waals surface area contributed by atoms with E-state index >= 15 is 0 Å². The number of benzene rings is 3. The smallest absolute Gasteiger partial charge is 0.233 e. The molecule has 0 unspecified atom stereocenters. The second-order valence-electron chi connectivity index (χ2n) is 7.40. The van der Waals surface area contributed by atoms with Crippen LogP contribution in [0.4, 0.5) is 5.13 Å². The van der Waals surface area contributed by atoms with Crippen LogP contribution >= 0.6 is 11.3 Å². The zero-order chi connectivity index (χ0) is 21.1. The second-order valence-corrected chi connectivity index (χ2v) is 8.41. The predicted octanol–water partition coefficient (Wildman–Crippen LogP) is 5.70. The highest BCUT2D eigenvalue weighted by atomic mass is 32.1. The van der Waals surface area contributed by atoms with E-state index in [0.29, 0.717) is 18.1 Å². The molecule has 30 heavy (non-hydrogen) atoms. The zero-order valence-corrected chi connectivity index (χ0v) is 18.2. The van der Waals surface area contributed by atoms with Crippen LogP contribution in [0.3, 0.4) is 0 Å². The van der Waals surface area contributed by atoms with E-state index in [2.05, 4.69) is 25.1 Å². The summed E-state index contributed by atoms with van der Waals surface area (Å²) in [6.07, 6.45) is 0.347. The average Bonchev–Trinajstić information content (AvgIpc) is 3.18. The molecule has 0 atom stereocenters. The Labute approximate surface area is 180 Å². The fourth-order valence-corrected chi connectivity index (χ4v) is 4.42. The van der Waals surface area contributed by atoms with Crippen LogP contribution in [0, 0.1) is 13.8 Å². The van der Waals surface area contributed by atoms with Crippen molar-refractivity contribution in [3.63, 3.8) is 0 Å². The Kier molecular flexibility index (Phi) is 5.81. The fraction of sp³-hybridized carbons (Fsp3) is 0.200. The maximum Gasteiger partial charge on any atom is 0.233 e. The van der Waals surface area contributed by atoms with E-state index in [1.54, 1.807) is 12.0 Å². The zero-order valence-electron chi connectivity index (χ0n) is 17.4. The molecule has 4 nitrogen and oxygen atoms in total. The summed E-state index contributed by atoms with van der Waals surface area (Å²) in [6.45, 7) is 4.59. The SMILES string of the molecule is COc1ccc2nc(N(Cc3ccccc3)C(=O)Cc3cc(C)ccc3C)sc2c1. The maximum absolute atomic E-state index is 13.4. The number of ether oxygens (including phenoxy) is 1. The van der Waals surface area contributed by atoms with E-state index in [-0.39, 0.29) is 5.91 Å². The minimum absolute atomic E-state index is 0.0403. The Hall–Kier alpha value is -3.18. The van der Waals surface area contributed by atoms with Crippen molar-refractivity contribution >= 4 is 32.6 Å². The summed E-state index contributed by atoms with van der Waals surface area (Å²) in [5.41, 5.74) is 5.28. The van der Waals surface area contributed by atoms with Crippen molar-refractivity contribution in [1.29, 1.82) is 0 Å². The number of carbonyl (C=O) groups excluding carboxylic acids is 1. The first kappa shape index (κ1) is 20.1. The van der Waals surface area contributed by atoms with Crippen LogP contribution in [-0.2, 0) is 17.8 Å². The van der Waals surface area contributed by atoms with Gasteiger partial charge in [-0.1, -0.05) is 65.4 Å². The van der Waals surface area contributed by atoms with E-state index in [4.69, 9.17) is 9.72 Å². The third-order valence-corrected chi connectivity index (χ3v) is 6.19. The molecule has 152 valence electrons. The predicted molar refractivity (Wildman–Crippen MR) is 123 cm³/mol. The Bertz CT molecular complexity index is 1180. The van der Waals surface area contributed by atoms with Crippen LogP contribution in [0.1, 0.15) is 22.3 Å². The number of aromatic nitrogens is 1. The molecular formula is C25H24N2O2S. The van der Waals surface area contributed by atoms with Crippen molar-refractivity contribution in [3.8, 4) is 5.75 Å². The number of aryl methyl sites for hydroxylation is 2. The molecule has 1 amide bonds. The number of anilines is 1. The molecule has 0 radical (unpaired) electrons. The maximum atomic E-state index is 13.4. The number of nitrogens with zero attached hydrogens (tertiary/aromatic N) is 2. The van der Waals surface area contributed by atoms with E-state index < -0.39 is 0 Å². The third kappa shape index (κ3) is 4.36. The van der Waals surface area contributed by atoms with E-state index in [1.165, 1.54) is 11.3 Å². The van der Waals surface area contributed by atoms with Gasteiger partial charge in [-0.15, -0.1) is 0 Å². The number of hydrogen-bond donors (Lipinski definition) is 0. The molecule has 0 N–H and O–H groups in total. The molecule has 4 aromatic rings. The lowest BCUT2D eigenvalue weighted by molar-refractivity contribution is -0.118. The summed E-state index contributed by atoms with van der Waals surface area (Å²) in [7, 11) is 1.65. The Morgan fingerprint density at radius 3 is 2.60 bits per heavy atom. The number of methoxy groups -OCH3 is 1. The normalized spacial score (nSPS) is 10.9. The fourth-order valence-electron chi connectivity index (χ4n) is 3.41. The van der Waals surface area contributed by atoms with Crippen LogP contribution in [0.5, 0.6) is 5.75 Å². The van der Waals surface area contributed by atoms with Gasteiger partial charge in [0.15, 0.2) is 5.13 Å². The summed E-state index contributed by atoms with van der Waals surface area (Å²) >= 11 is 1.51. The molecule has 0 aliphatic carbocycles. The van der Waals surface area contributed by atoms with Gasteiger partial charge in [0.05, 0.1) is 30.3 Å². The van der Waals surface area contributed by atoms with E-state index in [1.807, 2.05) is 55.5 Å². The average molecular weight is 417 g/mol. The Morgan fingerprint density at radius 1 is 1.03 bits per heavy atom. The third-order valence-electron chi connectivity index (χ3n) is 5.15. The first-order valence-corrected chi connectivity index (χ1v) is 10.7. The Morgan fingerprint density at radius 2 is 1.83 bits per heavy atom. The summed E-state index contributed by atoms with van der Waals surface area (Å²) in [5, 5.41) is 0.706. The number of amides is 1. The first-order chi connectivity index (χ1) is 14.5. The summed E-state index contributed by atoms with van der Waals surface area (Å²) < 4.78 is 6.34. The largest absolute Gasteiger partial charge is 0.497 e. The first-order valence-electron chi connectivity index (χ1n) is 9.88. The summed E-state index contributed by atoms with van der Waals surface area (Å²) in [6, 6.07) is 22.1. The number of thiazole rings is 1.